The van der Waals surface area contributed by atoms with Gasteiger partial charge < -0.3 is 14.8 Å². The normalized spacial score (nSPS) is 18.8. The predicted molar refractivity (Wildman–Crippen MR) is 73.0 cm³/mol. The van der Waals surface area contributed by atoms with Gasteiger partial charge in [0.1, 0.15) is 5.52 Å². The van der Waals surface area contributed by atoms with Crippen molar-refractivity contribution in [3.63, 3.8) is 0 Å². The van der Waals surface area contributed by atoms with E-state index in [1.54, 1.807) is 0 Å². The highest BCUT2D eigenvalue weighted by atomic mass is 16.3. The van der Waals surface area contributed by atoms with Crippen LogP contribution in [0.2, 0.25) is 0 Å². The average molecular weight is 261 g/mol. The van der Waals surface area contributed by atoms with E-state index >= 15 is 0 Å². The second-order valence-corrected chi connectivity index (χ2v) is 5.03. The summed E-state index contributed by atoms with van der Waals surface area (Å²) in [6.07, 6.45) is -0.473. The number of oxazole rings is 1. The molecule has 1 unspecified atom stereocenters. The Morgan fingerprint density at radius 2 is 2.21 bits per heavy atom. The van der Waals surface area contributed by atoms with Crippen molar-refractivity contribution in [2.24, 2.45) is 0 Å². The summed E-state index contributed by atoms with van der Waals surface area (Å²) in [5.74, 6) is 0.656. The number of hydrogen-bond acceptors (Lipinski definition) is 5. The van der Waals surface area contributed by atoms with Crippen LogP contribution in [0, 0.1) is 6.92 Å². The molecule has 102 valence electrons. The first-order valence-corrected chi connectivity index (χ1v) is 6.70. The van der Waals surface area contributed by atoms with Crippen LogP contribution >= 0.6 is 0 Å². The molecule has 2 aromatic rings. The van der Waals surface area contributed by atoms with Crippen molar-refractivity contribution in [2.75, 3.05) is 32.7 Å². The van der Waals surface area contributed by atoms with E-state index in [0.29, 0.717) is 12.4 Å². The SMILES string of the molecule is Cc1nc2cc(C(O)CN3CCNCC3)ccc2o1. The number of rotatable bonds is 3. The van der Waals surface area contributed by atoms with Gasteiger partial charge in [-0.15, -0.1) is 0 Å². The first-order valence-electron chi connectivity index (χ1n) is 6.70. The van der Waals surface area contributed by atoms with Crippen molar-refractivity contribution in [3.8, 4) is 0 Å². The molecule has 1 atom stereocenters. The maximum Gasteiger partial charge on any atom is 0.192 e. The number of fused-ring (bicyclic) bond motifs is 1. The van der Waals surface area contributed by atoms with Gasteiger partial charge in [-0.05, 0) is 17.7 Å². The fourth-order valence-electron chi connectivity index (χ4n) is 2.51. The Labute approximate surface area is 112 Å². The van der Waals surface area contributed by atoms with E-state index in [4.69, 9.17) is 4.42 Å². The van der Waals surface area contributed by atoms with Crippen LogP contribution in [0.3, 0.4) is 0 Å². The lowest BCUT2D eigenvalue weighted by Crippen LogP contribution is -2.44. The van der Waals surface area contributed by atoms with Crippen LogP contribution in [-0.4, -0.2) is 47.7 Å². The lowest BCUT2D eigenvalue weighted by molar-refractivity contribution is 0.106. The molecule has 1 aliphatic heterocycles. The Bertz CT molecular complexity index is 561. The summed E-state index contributed by atoms with van der Waals surface area (Å²) in [5, 5.41) is 13.6. The number of β-amino-alcohol motifs (C(OH)–C–C–N with tert-alkyl or cyclic N) is 1. The topological polar surface area (TPSA) is 61.5 Å². The second-order valence-electron chi connectivity index (χ2n) is 5.03. The number of aliphatic hydroxyl groups is 1. The van der Waals surface area contributed by atoms with Crippen LogP contribution in [0.4, 0.5) is 0 Å². The summed E-state index contributed by atoms with van der Waals surface area (Å²) < 4.78 is 5.44. The quantitative estimate of drug-likeness (QED) is 0.865. The van der Waals surface area contributed by atoms with Gasteiger partial charge in [0.25, 0.3) is 0 Å². The number of aliphatic hydroxyl groups excluding tert-OH is 1. The molecule has 1 saturated heterocycles. The van der Waals surface area contributed by atoms with Gasteiger partial charge in [-0.25, -0.2) is 4.98 Å². The van der Waals surface area contributed by atoms with Gasteiger partial charge in [0, 0.05) is 39.6 Å². The third-order valence-electron chi connectivity index (χ3n) is 3.54. The summed E-state index contributed by atoms with van der Waals surface area (Å²) >= 11 is 0. The average Bonchev–Trinajstić information content (AvgIpc) is 2.78. The number of piperazine rings is 1. The molecular weight excluding hydrogens is 242 g/mol. The van der Waals surface area contributed by atoms with Gasteiger partial charge in [0.2, 0.25) is 0 Å². The molecule has 0 radical (unpaired) electrons. The van der Waals surface area contributed by atoms with Gasteiger partial charge in [0.05, 0.1) is 6.10 Å². The molecule has 0 saturated carbocycles. The molecule has 1 fully saturated rings. The van der Waals surface area contributed by atoms with E-state index in [1.165, 1.54) is 0 Å². The predicted octanol–water partition coefficient (Wildman–Crippen LogP) is 1.07. The molecular formula is C14H19N3O2. The van der Waals surface area contributed by atoms with Crippen LogP contribution < -0.4 is 5.32 Å². The van der Waals surface area contributed by atoms with Gasteiger partial charge in [-0.1, -0.05) is 6.07 Å². The van der Waals surface area contributed by atoms with Crippen molar-refractivity contribution in [1.29, 1.82) is 0 Å². The second kappa shape index (κ2) is 5.28. The van der Waals surface area contributed by atoms with Crippen LogP contribution in [-0.2, 0) is 0 Å². The molecule has 0 aliphatic carbocycles. The minimum Gasteiger partial charge on any atom is -0.441 e. The van der Waals surface area contributed by atoms with E-state index in [0.717, 1.165) is 42.8 Å². The third kappa shape index (κ3) is 2.78. The summed E-state index contributed by atoms with van der Waals surface area (Å²) in [6.45, 7) is 6.47. The van der Waals surface area contributed by atoms with Crippen LogP contribution in [0.5, 0.6) is 0 Å². The largest absolute Gasteiger partial charge is 0.441 e. The van der Waals surface area contributed by atoms with Crippen molar-refractivity contribution in [2.45, 2.75) is 13.0 Å². The molecule has 5 heteroatoms. The van der Waals surface area contributed by atoms with Crippen LogP contribution in [0.1, 0.15) is 17.6 Å². The molecule has 3 rings (SSSR count). The Morgan fingerprint density at radius 3 is 3.00 bits per heavy atom. The number of nitrogens with zero attached hydrogens (tertiary/aromatic N) is 2. The van der Waals surface area contributed by atoms with E-state index in [1.807, 2.05) is 25.1 Å². The third-order valence-corrected chi connectivity index (χ3v) is 3.54. The van der Waals surface area contributed by atoms with Crippen molar-refractivity contribution in [3.05, 3.63) is 29.7 Å². The number of aromatic nitrogens is 1. The van der Waals surface area contributed by atoms with Gasteiger partial charge in [-0.2, -0.15) is 0 Å². The molecule has 19 heavy (non-hydrogen) atoms. The highest BCUT2D eigenvalue weighted by molar-refractivity contribution is 5.73. The number of aryl methyl sites for hydroxylation is 1. The standard InChI is InChI=1S/C14H19N3O2/c1-10-16-12-8-11(2-3-14(12)19-10)13(18)9-17-6-4-15-5-7-17/h2-3,8,13,15,18H,4-7,9H2,1H3. The summed E-state index contributed by atoms with van der Waals surface area (Å²) in [4.78, 5) is 6.58. The summed E-state index contributed by atoms with van der Waals surface area (Å²) in [6, 6.07) is 5.71. The molecule has 1 aromatic heterocycles. The lowest BCUT2D eigenvalue weighted by atomic mass is 10.1. The van der Waals surface area contributed by atoms with E-state index < -0.39 is 6.10 Å². The number of benzene rings is 1. The molecule has 0 bridgehead atoms. The Morgan fingerprint density at radius 1 is 1.42 bits per heavy atom. The van der Waals surface area contributed by atoms with Crippen molar-refractivity contribution in [1.82, 2.24) is 15.2 Å². The van der Waals surface area contributed by atoms with Gasteiger partial charge in [-0.3, -0.25) is 4.90 Å². The Balaban J connectivity index is 1.74. The van der Waals surface area contributed by atoms with Crippen molar-refractivity contribution < 1.29 is 9.52 Å². The first-order chi connectivity index (χ1) is 9.22. The molecule has 1 aromatic carbocycles. The highest BCUT2D eigenvalue weighted by Gasteiger charge is 2.16. The Kier molecular flexibility index (Phi) is 3.50. The lowest BCUT2D eigenvalue weighted by Gasteiger charge is -2.29. The number of nitrogens with one attached hydrogen (secondary N) is 1. The Hall–Kier alpha value is -1.43. The molecule has 2 N–H and O–H groups in total. The van der Waals surface area contributed by atoms with E-state index in [9.17, 15) is 5.11 Å². The first kappa shape index (κ1) is 12.6. The van der Waals surface area contributed by atoms with Crippen LogP contribution in [0.25, 0.3) is 11.1 Å². The van der Waals surface area contributed by atoms with E-state index in [-0.39, 0.29) is 0 Å². The molecule has 0 spiro atoms. The number of hydrogen-bond donors (Lipinski definition) is 2. The van der Waals surface area contributed by atoms with Crippen molar-refractivity contribution >= 4 is 11.1 Å². The molecule has 1 aliphatic rings. The smallest absolute Gasteiger partial charge is 0.192 e. The monoisotopic (exact) mass is 261 g/mol. The fourth-order valence-corrected chi connectivity index (χ4v) is 2.51. The maximum absolute atomic E-state index is 10.3. The minimum atomic E-state index is -0.473. The molecule has 5 nitrogen and oxygen atoms in total. The minimum absolute atomic E-state index is 0.473. The zero-order valence-corrected chi connectivity index (χ0v) is 11.1. The molecule has 2 heterocycles. The maximum atomic E-state index is 10.3. The molecule has 0 amide bonds. The highest BCUT2D eigenvalue weighted by Crippen LogP contribution is 2.21. The summed E-state index contributed by atoms with van der Waals surface area (Å²) in [7, 11) is 0. The zero-order chi connectivity index (χ0) is 13.2. The van der Waals surface area contributed by atoms with Gasteiger partial charge in [0.15, 0.2) is 11.5 Å². The van der Waals surface area contributed by atoms with Gasteiger partial charge >= 0.3 is 0 Å². The zero-order valence-electron chi connectivity index (χ0n) is 11.1. The van der Waals surface area contributed by atoms with E-state index in [2.05, 4.69) is 15.2 Å². The fraction of sp³-hybridized carbons (Fsp3) is 0.500. The summed E-state index contributed by atoms with van der Waals surface area (Å²) in [5.41, 5.74) is 2.49. The van der Waals surface area contributed by atoms with Crippen LogP contribution in [0.15, 0.2) is 22.6 Å².